The third kappa shape index (κ3) is 5.37. The van der Waals surface area contributed by atoms with E-state index in [0.29, 0.717) is 5.76 Å². The summed E-state index contributed by atoms with van der Waals surface area (Å²) >= 11 is 0. The molecule has 0 saturated heterocycles. The summed E-state index contributed by atoms with van der Waals surface area (Å²) in [5, 5.41) is 14.1. The number of carboxylic acid groups (broad SMARTS) is 1. The van der Waals surface area contributed by atoms with Gasteiger partial charge in [0.1, 0.15) is 17.5 Å². The molecule has 2 amide bonds. The first-order valence-electron chi connectivity index (χ1n) is 8.00. The summed E-state index contributed by atoms with van der Waals surface area (Å²) in [5.41, 5.74) is -0.156. The van der Waals surface area contributed by atoms with Gasteiger partial charge in [0.05, 0.1) is 12.5 Å². The molecule has 1 unspecified atom stereocenters. The molecular formula is C18H20N2O6. The quantitative estimate of drug-likeness (QED) is 0.621. The van der Waals surface area contributed by atoms with E-state index in [-0.39, 0.29) is 23.8 Å². The molecule has 1 atom stereocenters. The molecular weight excluding hydrogens is 340 g/mol. The minimum absolute atomic E-state index is 0.0140. The predicted octanol–water partition coefficient (Wildman–Crippen LogP) is 2.26. The molecule has 8 heteroatoms. The first-order valence-corrected chi connectivity index (χ1v) is 8.00. The average Bonchev–Trinajstić information content (AvgIpc) is 3.26. The number of hydrogen-bond donors (Lipinski definition) is 3. The SMILES string of the molecule is CC(C)CC(NC(=O)/C(=C\c1ccco1)NC(=O)c1ccco1)C(=O)O. The number of amides is 2. The van der Waals surface area contributed by atoms with Gasteiger partial charge in [0, 0.05) is 6.08 Å². The molecule has 138 valence electrons. The van der Waals surface area contributed by atoms with Crippen LogP contribution in [-0.2, 0) is 9.59 Å². The fourth-order valence-corrected chi connectivity index (χ4v) is 2.19. The van der Waals surface area contributed by atoms with Crippen LogP contribution in [0.3, 0.4) is 0 Å². The second-order valence-electron chi connectivity index (χ2n) is 6.00. The van der Waals surface area contributed by atoms with Gasteiger partial charge in [0.15, 0.2) is 5.76 Å². The molecule has 0 spiro atoms. The fraction of sp³-hybridized carbons (Fsp3) is 0.278. The molecule has 0 saturated carbocycles. The Morgan fingerprint density at radius 2 is 1.85 bits per heavy atom. The van der Waals surface area contributed by atoms with Crippen molar-refractivity contribution in [1.29, 1.82) is 0 Å². The molecule has 0 bridgehead atoms. The van der Waals surface area contributed by atoms with Gasteiger partial charge in [0.25, 0.3) is 11.8 Å². The van der Waals surface area contributed by atoms with Gasteiger partial charge in [-0.05, 0) is 36.6 Å². The number of aliphatic carboxylic acids is 1. The summed E-state index contributed by atoms with van der Waals surface area (Å²) in [6.45, 7) is 3.70. The molecule has 8 nitrogen and oxygen atoms in total. The summed E-state index contributed by atoms with van der Waals surface area (Å²) in [6, 6.07) is 5.11. The van der Waals surface area contributed by atoms with Crippen molar-refractivity contribution in [3.63, 3.8) is 0 Å². The number of rotatable bonds is 8. The van der Waals surface area contributed by atoms with Gasteiger partial charge in [-0.15, -0.1) is 0 Å². The largest absolute Gasteiger partial charge is 0.480 e. The van der Waals surface area contributed by atoms with Gasteiger partial charge in [-0.25, -0.2) is 4.79 Å². The number of furan rings is 2. The molecule has 2 aromatic heterocycles. The van der Waals surface area contributed by atoms with Gasteiger partial charge < -0.3 is 24.6 Å². The number of nitrogens with one attached hydrogen (secondary N) is 2. The first-order chi connectivity index (χ1) is 12.4. The maximum atomic E-state index is 12.5. The Balaban J connectivity index is 2.21. The fourth-order valence-electron chi connectivity index (χ4n) is 2.19. The van der Waals surface area contributed by atoms with Crippen molar-refractivity contribution in [1.82, 2.24) is 10.6 Å². The molecule has 26 heavy (non-hydrogen) atoms. The van der Waals surface area contributed by atoms with Gasteiger partial charge >= 0.3 is 5.97 Å². The Morgan fingerprint density at radius 3 is 2.38 bits per heavy atom. The molecule has 2 aromatic rings. The van der Waals surface area contributed by atoms with Crippen LogP contribution in [0, 0.1) is 5.92 Å². The highest BCUT2D eigenvalue weighted by molar-refractivity contribution is 6.05. The van der Waals surface area contributed by atoms with E-state index in [1.807, 2.05) is 13.8 Å². The zero-order valence-corrected chi connectivity index (χ0v) is 14.4. The lowest BCUT2D eigenvalue weighted by Gasteiger charge is -2.17. The van der Waals surface area contributed by atoms with Crippen molar-refractivity contribution in [2.75, 3.05) is 0 Å². The van der Waals surface area contributed by atoms with Crippen LogP contribution in [0.5, 0.6) is 0 Å². The maximum absolute atomic E-state index is 12.5. The predicted molar refractivity (Wildman–Crippen MR) is 91.9 cm³/mol. The Labute approximate surface area is 149 Å². The lowest BCUT2D eigenvalue weighted by Crippen LogP contribution is -2.44. The van der Waals surface area contributed by atoms with Crippen LogP contribution in [0.4, 0.5) is 0 Å². The van der Waals surface area contributed by atoms with Crippen molar-refractivity contribution in [3.8, 4) is 0 Å². The lowest BCUT2D eigenvalue weighted by atomic mass is 10.0. The average molecular weight is 360 g/mol. The van der Waals surface area contributed by atoms with Crippen molar-refractivity contribution in [2.45, 2.75) is 26.3 Å². The van der Waals surface area contributed by atoms with E-state index in [4.69, 9.17) is 8.83 Å². The zero-order valence-electron chi connectivity index (χ0n) is 14.4. The molecule has 3 N–H and O–H groups in total. The molecule has 0 radical (unpaired) electrons. The third-order valence-corrected chi connectivity index (χ3v) is 3.38. The van der Waals surface area contributed by atoms with Crippen LogP contribution in [0.1, 0.15) is 36.6 Å². The second kappa shape index (κ2) is 8.70. The highest BCUT2D eigenvalue weighted by Gasteiger charge is 2.24. The van der Waals surface area contributed by atoms with Crippen molar-refractivity contribution >= 4 is 23.9 Å². The highest BCUT2D eigenvalue weighted by atomic mass is 16.4. The van der Waals surface area contributed by atoms with E-state index >= 15 is 0 Å². The van der Waals surface area contributed by atoms with E-state index in [0.717, 1.165) is 0 Å². The minimum atomic E-state index is -1.15. The molecule has 2 rings (SSSR count). The Kier molecular flexibility index (Phi) is 6.37. The lowest BCUT2D eigenvalue weighted by molar-refractivity contribution is -0.141. The van der Waals surface area contributed by atoms with Crippen molar-refractivity contribution in [3.05, 3.63) is 54.0 Å². The molecule has 0 fully saturated rings. The van der Waals surface area contributed by atoms with Gasteiger partial charge in [-0.3, -0.25) is 9.59 Å². The molecule has 0 aliphatic carbocycles. The van der Waals surface area contributed by atoms with E-state index in [1.165, 1.54) is 30.7 Å². The number of hydrogen-bond acceptors (Lipinski definition) is 5. The maximum Gasteiger partial charge on any atom is 0.326 e. The van der Waals surface area contributed by atoms with E-state index in [2.05, 4.69) is 10.6 Å². The minimum Gasteiger partial charge on any atom is -0.480 e. The number of carbonyl (C=O) groups excluding carboxylic acids is 2. The van der Waals surface area contributed by atoms with E-state index in [9.17, 15) is 19.5 Å². The van der Waals surface area contributed by atoms with Crippen LogP contribution in [0.25, 0.3) is 6.08 Å². The smallest absolute Gasteiger partial charge is 0.326 e. The van der Waals surface area contributed by atoms with Crippen LogP contribution in [0.2, 0.25) is 0 Å². The van der Waals surface area contributed by atoms with Gasteiger partial charge in [-0.2, -0.15) is 0 Å². The monoisotopic (exact) mass is 360 g/mol. The van der Waals surface area contributed by atoms with Crippen LogP contribution >= 0.6 is 0 Å². The summed E-state index contributed by atoms with van der Waals surface area (Å²) in [4.78, 5) is 36.1. The van der Waals surface area contributed by atoms with Crippen LogP contribution in [0.15, 0.2) is 51.3 Å². The standard InChI is InChI=1S/C18H20N2O6/c1-11(2)9-14(18(23)24)20-16(21)13(10-12-5-3-7-25-12)19-17(22)15-6-4-8-26-15/h3-8,10-11,14H,9H2,1-2H3,(H,19,22)(H,20,21)(H,23,24)/b13-10+. The summed E-state index contributed by atoms with van der Waals surface area (Å²) in [5.74, 6) is -2.13. The highest BCUT2D eigenvalue weighted by Crippen LogP contribution is 2.10. The van der Waals surface area contributed by atoms with Crippen LogP contribution in [-0.4, -0.2) is 28.9 Å². The van der Waals surface area contributed by atoms with Gasteiger partial charge in [0.2, 0.25) is 0 Å². The Hall–Kier alpha value is -3.29. The van der Waals surface area contributed by atoms with E-state index < -0.39 is 23.8 Å². The van der Waals surface area contributed by atoms with E-state index in [1.54, 1.807) is 12.1 Å². The molecule has 0 aliphatic heterocycles. The molecule has 2 heterocycles. The van der Waals surface area contributed by atoms with Gasteiger partial charge in [-0.1, -0.05) is 13.8 Å². The summed E-state index contributed by atoms with van der Waals surface area (Å²) in [6.07, 6.45) is 4.30. The molecule has 0 aromatic carbocycles. The third-order valence-electron chi connectivity index (χ3n) is 3.38. The first kappa shape index (κ1) is 19.0. The zero-order chi connectivity index (χ0) is 19.1. The topological polar surface area (TPSA) is 122 Å². The Morgan fingerprint density at radius 1 is 1.15 bits per heavy atom. The van der Waals surface area contributed by atoms with Crippen LogP contribution < -0.4 is 10.6 Å². The normalized spacial score (nSPS) is 12.7. The Bertz CT molecular complexity index is 775. The number of carbonyl (C=O) groups is 3. The summed E-state index contributed by atoms with van der Waals surface area (Å²) < 4.78 is 10.2. The number of carboxylic acids is 1. The second-order valence-corrected chi connectivity index (χ2v) is 6.00. The molecule has 0 aliphatic rings. The summed E-state index contributed by atoms with van der Waals surface area (Å²) in [7, 11) is 0. The van der Waals surface area contributed by atoms with Crippen molar-refractivity contribution < 1.29 is 28.3 Å². The van der Waals surface area contributed by atoms with Crippen molar-refractivity contribution in [2.24, 2.45) is 5.92 Å².